The molecule has 0 aromatic carbocycles. The van der Waals surface area contributed by atoms with Gasteiger partial charge < -0.3 is 0 Å². The van der Waals surface area contributed by atoms with Crippen LogP contribution in [0.3, 0.4) is 0 Å². The van der Waals surface area contributed by atoms with E-state index in [-0.39, 0.29) is 0 Å². The van der Waals surface area contributed by atoms with Crippen LogP contribution in [-0.4, -0.2) is 0 Å². The van der Waals surface area contributed by atoms with Gasteiger partial charge in [-0.05, 0) is 37.0 Å². The zero-order valence-corrected chi connectivity index (χ0v) is 14.4. The highest BCUT2D eigenvalue weighted by molar-refractivity contribution is 4.92. The van der Waals surface area contributed by atoms with Crippen molar-refractivity contribution in [2.75, 3.05) is 0 Å². The molecule has 0 heterocycles. The summed E-state index contributed by atoms with van der Waals surface area (Å²) in [4.78, 5) is 0. The molecule has 0 aromatic heterocycles. The van der Waals surface area contributed by atoms with Crippen LogP contribution in [0.2, 0.25) is 0 Å². The van der Waals surface area contributed by atoms with E-state index in [2.05, 4.69) is 34.6 Å². The van der Waals surface area contributed by atoms with E-state index in [1.807, 2.05) is 5.92 Å². The third-order valence-corrected chi connectivity index (χ3v) is 4.74. The smallest absolute Gasteiger partial charge is 0.0238 e. The Bertz CT molecular complexity index is 155. The van der Waals surface area contributed by atoms with Gasteiger partial charge in [0, 0.05) is 0 Å². The van der Waals surface area contributed by atoms with Gasteiger partial charge in [0.05, 0.1) is 0 Å². The molecule has 0 saturated heterocycles. The first-order valence-corrected chi connectivity index (χ1v) is 9.05. The molecule has 0 rings (SSSR count). The minimum Gasteiger partial charge on any atom is -0.0654 e. The molecule has 0 aliphatic carbocycles. The molecule has 19 heavy (non-hydrogen) atoms. The number of hydrogen-bond donors (Lipinski definition) is 0. The lowest BCUT2D eigenvalue weighted by molar-refractivity contribution is 0.368. The van der Waals surface area contributed by atoms with Crippen molar-refractivity contribution in [3.8, 4) is 0 Å². The van der Waals surface area contributed by atoms with Crippen molar-refractivity contribution in [3.05, 3.63) is 5.92 Å². The molecule has 0 aromatic rings. The van der Waals surface area contributed by atoms with Crippen molar-refractivity contribution in [2.45, 2.75) is 105 Å². The Morgan fingerprint density at radius 2 is 1.11 bits per heavy atom. The standard InChI is InChI=1S/C19H39/c1-6-11-13-17(8-3)15-19(10-5)16-18(9-4)14-12-7-2/h17-18H,6-16H2,1-5H3. The van der Waals surface area contributed by atoms with Crippen LogP contribution in [0.1, 0.15) is 105 Å². The summed E-state index contributed by atoms with van der Waals surface area (Å²) in [6.45, 7) is 11.8. The molecule has 0 amide bonds. The first kappa shape index (κ1) is 19.0. The third-order valence-electron chi connectivity index (χ3n) is 4.74. The monoisotopic (exact) mass is 267 g/mol. The van der Waals surface area contributed by atoms with Crippen molar-refractivity contribution in [1.29, 1.82) is 0 Å². The van der Waals surface area contributed by atoms with E-state index in [4.69, 9.17) is 0 Å². The maximum absolute atomic E-state index is 2.38. The van der Waals surface area contributed by atoms with Crippen molar-refractivity contribution in [3.63, 3.8) is 0 Å². The average molecular weight is 268 g/mol. The van der Waals surface area contributed by atoms with Crippen LogP contribution in [0.4, 0.5) is 0 Å². The first-order chi connectivity index (χ1) is 9.21. The van der Waals surface area contributed by atoms with Gasteiger partial charge in [0.1, 0.15) is 0 Å². The summed E-state index contributed by atoms with van der Waals surface area (Å²) in [5.41, 5.74) is 0. The topological polar surface area (TPSA) is 0 Å². The minimum absolute atomic E-state index is 0.957. The SMILES string of the molecule is CCCCC(CC)C[C](CC)CC(CC)CCCC. The summed E-state index contributed by atoms with van der Waals surface area (Å²) in [7, 11) is 0. The molecule has 115 valence electrons. The van der Waals surface area contributed by atoms with Crippen LogP contribution in [0.5, 0.6) is 0 Å². The Balaban J connectivity index is 4.14. The maximum atomic E-state index is 2.38. The van der Waals surface area contributed by atoms with Gasteiger partial charge in [0.25, 0.3) is 0 Å². The molecular weight excluding hydrogens is 228 g/mol. The van der Waals surface area contributed by atoms with E-state index in [1.54, 1.807) is 0 Å². The molecule has 0 aliphatic heterocycles. The molecule has 1 radical (unpaired) electrons. The summed E-state index contributed by atoms with van der Waals surface area (Å²) >= 11 is 0. The number of rotatable bonds is 13. The highest BCUT2D eigenvalue weighted by Crippen LogP contribution is 2.32. The maximum Gasteiger partial charge on any atom is -0.0238 e. The molecule has 0 nitrogen and oxygen atoms in total. The van der Waals surface area contributed by atoms with Crippen LogP contribution in [0, 0.1) is 17.8 Å². The molecule has 0 fully saturated rings. The summed E-state index contributed by atoms with van der Waals surface area (Å²) in [6.07, 6.45) is 15.3. The fraction of sp³-hybridized carbons (Fsp3) is 0.947. The molecular formula is C19H39. The lowest BCUT2D eigenvalue weighted by Gasteiger charge is -2.25. The van der Waals surface area contributed by atoms with Crippen LogP contribution >= 0.6 is 0 Å². The summed E-state index contributed by atoms with van der Waals surface area (Å²) in [5, 5.41) is 0. The van der Waals surface area contributed by atoms with Gasteiger partial charge in [-0.3, -0.25) is 0 Å². The van der Waals surface area contributed by atoms with Gasteiger partial charge in [0.2, 0.25) is 0 Å². The van der Waals surface area contributed by atoms with Gasteiger partial charge in [-0.15, -0.1) is 0 Å². The van der Waals surface area contributed by atoms with Crippen molar-refractivity contribution < 1.29 is 0 Å². The van der Waals surface area contributed by atoms with E-state index >= 15 is 0 Å². The Kier molecular flexibility index (Phi) is 13.0. The van der Waals surface area contributed by atoms with Gasteiger partial charge in [-0.25, -0.2) is 0 Å². The largest absolute Gasteiger partial charge is 0.0654 e. The van der Waals surface area contributed by atoms with E-state index in [1.165, 1.54) is 70.6 Å². The fourth-order valence-electron chi connectivity index (χ4n) is 3.08. The Morgan fingerprint density at radius 3 is 1.37 bits per heavy atom. The second-order valence-electron chi connectivity index (χ2n) is 6.34. The predicted octanol–water partition coefficient (Wildman–Crippen LogP) is 7.18. The highest BCUT2D eigenvalue weighted by atomic mass is 14.2. The van der Waals surface area contributed by atoms with E-state index in [0.29, 0.717) is 0 Å². The lowest BCUT2D eigenvalue weighted by atomic mass is 9.80. The molecule has 0 heteroatoms. The average Bonchev–Trinajstić information content (AvgIpc) is 2.45. The number of unbranched alkanes of at least 4 members (excludes halogenated alkanes) is 2. The summed E-state index contributed by atoms with van der Waals surface area (Å²) < 4.78 is 0. The van der Waals surface area contributed by atoms with Gasteiger partial charge in [-0.1, -0.05) is 86.0 Å². The highest BCUT2D eigenvalue weighted by Gasteiger charge is 2.18. The molecule has 0 N–H and O–H groups in total. The molecule has 0 spiro atoms. The molecule has 0 aliphatic rings. The van der Waals surface area contributed by atoms with Crippen LogP contribution in [-0.2, 0) is 0 Å². The molecule has 0 bridgehead atoms. The summed E-state index contributed by atoms with van der Waals surface area (Å²) in [5.74, 6) is 3.77. The van der Waals surface area contributed by atoms with Crippen LogP contribution in [0.15, 0.2) is 0 Å². The molecule has 2 unspecified atom stereocenters. The van der Waals surface area contributed by atoms with Crippen molar-refractivity contribution in [1.82, 2.24) is 0 Å². The van der Waals surface area contributed by atoms with Crippen molar-refractivity contribution >= 4 is 0 Å². The fourth-order valence-corrected chi connectivity index (χ4v) is 3.08. The van der Waals surface area contributed by atoms with Crippen LogP contribution in [0.25, 0.3) is 0 Å². The van der Waals surface area contributed by atoms with E-state index < -0.39 is 0 Å². The van der Waals surface area contributed by atoms with Gasteiger partial charge >= 0.3 is 0 Å². The zero-order chi connectivity index (χ0) is 14.5. The minimum atomic E-state index is 0.957. The second kappa shape index (κ2) is 13.0. The first-order valence-electron chi connectivity index (χ1n) is 9.05. The number of hydrogen-bond acceptors (Lipinski definition) is 0. The predicted molar refractivity (Wildman–Crippen MR) is 89.4 cm³/mol. The molecule has 0 saturated carbocycles. The lowest BCUT2D eigenvalue weighted by Crippen LogP contribution is -2.11. The summed E-state index contributed by atoms with van der Waals surface area (Å²) in [6, 6.07) is 0. The van der Waals surface area contributed by atoms with Crippen molar-refractivity contribution in [2.24, 2.45) is 11.8 Å². The molecule has 2 atom stereocenters. The van der Waals surface area contributed by atoms with E-state index in [9.17, 15) is 0 Å². The van der Waals surface area contributed by atoms with Crippen LogP contribution < -0.4 is 0 Å². The van der Waals surface area contributed by atoms with E-state index in [0.717, 1.165) is 11.8 Å². The second-order valence-corrected chi connectivity index (χ2v) is 6.34. The quantitative estimate of drug-likeness (QED) is 0.331. The Morgan fingerprint density at radius 1 is 0.684 bits per heavy atom. The normalized spacial score (nSPS) is 14.8. The Labute approximate surface area is 123 Å². The third kappa shape index (κ3) is 9.52. The Hall–Kier alpha value is 0. The zero-order valence-electron chi connectivity index (χ0n) is 14.4. The van der Waals surface area contributed by atoms with Gasteiger partial charge in [-0.2, -0.15) is 0 Å². The van der Waals surface area contributed by atoms with Gasteiger partial charge in [0.15, 0.2) is 0 Å².